The van der Waals surface area contributed by atoms with Gasteiger partial charge >= 0.3 is 5.97 Å². The lowest BCUT2D eigenvalue weighted by atomic mass is 10.1. The van der Waals surface area contributed by atoms with E-state index in [0.29, 0.717) is 32.7 Å². The molecule has 228 valence electrons. The van der Waals surface area contributed by atoms with Crippen LogP contribution in [0.2, 0.25) is 0 Å². The minimum absolute atomic E-state index is 0.0251. The Bertz CT molecular complexity index is 958. The van der Waals surface area contributed by atoms with Crippen molar-refractivity contribution in [3.8, 4) is 0 Å². The monoisotopic (exact) mass is 569 g/mol. The van der Waals surface area contributed by atoms with Gasteiger partial charge in [-0.25, -0.2) is 0 Å². The molecule has 0 saturated heterocycles. The van der Waals surface area contributed by atoms with Crippen LogP contribution in [-0.2, 0) is 37.0 Å². The number of carbonyl (C=O) groups excluding carboxylic acids is 1. The fourth-order valence-electron chi connectivity index (χ4n) is 5.49. The number of hydrogen-bond acceptors (Lipinski definition) is 7. The summed E-state index contributed by atoms with van der Waals surface area (Å²) < 4.78 is 24.6. The average molecular weight is 570 g/mol. The van der Waals surface area contributed by atoms with E-state index in [0.717, 1.165) is 56.2 Å². The predicted octanol–water partition coefficient (Wildman–Crippen LogP) is 5.92. The Morgan fingerprint density at radius 3 is 2.12 bits per heavy atom. The fraction of sp³-hybridized carbons (Fsp3) is 0.618. The van der Waals surface area contributed by atoms with E-state index < -0.39 is 6.10 Å². The summed E-state index contributed by atoms with van der Waals surface area (Å²) in [5.41, 5.74) is 2.25. The Hall–Kier alpha value is -2.29. The van der Waals surface area contributed by atoms with Gasteiger partial charge in [0, 0.05) is 12.8 Å². The van der Waals surface area contributed by atoms with Crippen molar-refractivity contribution in [2.45, 2.75) is 109 Å². The van der Waals surface area contributed by atoms with Crippen molar-refractivity contribution in [1.29, 1.82) is 0 Å². The van der Waals surface area contributed by atoms with Crippen LogP contribution in [0.1, 0.15) is 76.3 Å². The summed E-state index contributed by atoms with van der Waals surface area (Å²) in [7, 11) is 2.12. The van der Waals surface area contributed by atoms with Crippen LogP contribution in [0.15, 0.2) is 60.7 Å². The van der Waals surface area contributed by atoms with Gasteiger partial charge in [-0.1, -0.05) is 86.8 Å². The SMILES string of the molecule is CCCCC(O)COC1C(OCc2ccccc2)CC(OCc2ccccc2)C1N(C)CCCCCC(=O)OCC. The summed E-state index contributed by atoms with van der Waals surface area (Å²) in [6.07, 6.45) is 5.66. The molecule has 5 atom stereocenters. The van der Waals surface area contributed by atoms with Crippen LogP contribution in [0.3, 0.4) is 0 Å². The third-order valence-electron chi connectivity index (χ3n) is 7.74. The van der Waals surface area contributed by atoms with Crippen molar-refractivity contribution in [2.24, 2.45) is 0 Å². The lowest BCUT2D eigenvalue weighted by Crippen LogP contribution is -2.49. The summed E-state index contributed by atoms with van der Waals surface area (Å²) in [4.78, 5) is 14.0. The van der Waals surface area contributed by atoms with Gasteiger partial charge in [0.2, 0.25) is 0 Å². The summed E-state index contributed by atoms with van der Waals surface area (Å²) in [6.45, 7) is 6.54. The Balaban J connectivity index is 1.70. The molecule has 41 heavy (non-hydrogen) atoms. The van der Waals surface area contributed by atoms with Crippen LogP contribution < -0.4 is 0 Å². The summed E-state index contributed by atoms with van der Waals surface area (Å²) >= 11 is 0. The van der Waals surface area contributed by atoms with E-state index in [1.807, 2.05) is 43.3 Å². The van der Waals surface area contributed by atoms with Crippen LogP contribution in [-0.4, -0.2) is 73.2 Å². The van der Waals surface area contributed by atoms with Gasteiger partial charge in [0.25, 0.3) is 0 Å². The molecule has 2 aromatic carbocycles. The topological polar surface area (TPSA) is 77.5 Å². The van der Waals surface area contributed by atoms with Crippen LogP contribution in [0, 0.1) is 0 Å². The third-order valence-corrected chi connectivity index (χ3v) is 7.74. The summed E-state index contributed by atoms with van der Waals surface area (Å²) in [5, 5.41) is 10.6. The number of esters is 1. The van der Waals surface area contributed by atoms with Gasteiger partial charge in [-0.15, -0.1) is 0 Å². The highest BCUT2D eigenvalue weighted by Gasteiger charge is 2.47. The van der Waals surface area contributed by atoms with Crippen molar-refractivity contribution >= 4 is 5.97 Å². The van der Waals surface area contributed by atoms with E-state index in [2.05, 4.69) is 43.1 Å². The molecule has 1 saturated carbocycles. The van der Waals surface area contributed by atoms with E-state index in [4.69, 9.17) is 18.9 Å². The number of aliphatic hydroxyl groups is 1. The van der Waals surface area contributed by atoms with Gasteiger partial charge in [-0.3, -0.25) is 9.69 Å². The largest absolute Gasteiger partial charge is 0.466 e. The van der Waals surface area contributed by atoms with Gasteiger partial charge in [-0.2, -0.15) is 0 Å². The molecule has 1 aliphatic rings. The molecule has 7 nitrogen and oxygen atoms in total. The molecule has 1 aliphatic carbocycles. The third kappa shape index (κ3) is 11.8. The molecule has 1 N–H and O–H groups in total. The fourth-order valence-corrected chi connectivity index (χ4v) is 5.49. The molecular weight excluding hydrogens is 518 g/mol. The zero-order valence-electron chi connectivity index (χ0n) is 25.3. The highest BCUT2D eigenvalue weighted by molar-refractivity contribution is 5.69. The van der Waals surface area contributed by atoms with E-state index in [9.17, 15) is 9.90 Å². The van der Waals surface area contributed by atoms with E-state index in [1.54, 1.807) is 0 Å². The van der Waals surface area contributed by atoms with Crippen molar-refractivity contribution in [1.82, 2.24) is 4.90 Å². The first kappa shape index (κ1) is 33.2. The molecule has 0 heterocycles. The molecule has 5 unspecified atom stereocenters. The number of carbonyl (C=O) groups is 1. The molecule has 0 aromatic heterocycles. The van der Waals surface area contributed by atoms with Crippen LogP contribution in [0.25, 0.3) is 0 Å². The Labute approximate surface area is 247 Å². The number of benzene rings is 2. The molecule has 0 amide bonds. The highest BCUT2D eigenvalue weighted by Crippen LogP contribution is 2.33. The maximum absolute atomic E-state index is 11.7. The number of hydrogen-bond donors (Lipinski definition) is 1. The van der Waals surface area contributed by atoms with Gasteiger partial charge in [-0.05, 0) is 50.9 Å². The molecular formula is C34H51NO6. The van der Waals surface area contributed by atoms with Gasteiger partial charge in [0.15, 0.2) is 0 Å². The van der Waals surface area contributed by atoms with Crippen molar-refractivity contribution in [3.05, 3.63) is 71.8 Å². The Morgan fingerprint density at radius 2 is 1.51 bits per heavy atom. The second kappa shape index (κ2) is 19.0. The van der Waals surface area contributed by atoms with Crippen LogP contribution in [0.4, 0.5) is 0 Å². The number of rotatable bonds is 20. The number of likely N-dealkylation sites (N-methyl/N-ethyl adjacent to an activating group) is 1. The normalized spacial score (nSPS) is 21.3. The smallest absolute Gasteiger partial charge is 0.305 e. The zero-order chi connectivity index (χ0) is 29.3. The molecule has 2 aromatic rings. The number of nitrogens with zero attached hydrogens (tertiary/aromatic N) is 1. The molecule has 3 rings (SSSR count). The standard InChI is InChI=1S/C34H51NO6/c1-4-6-20-29(36)26-41-34-31(40-25-28-18-12-8-13-19-28)23-30(39-24-27-16-10-7-11-17-27)33(34)35(3)22-15-9-14-21-32(37)38-5-2/h7-8,10-13,16-19,29-31,33-34,36H,4-6,9,14-15,20-26H2,1-3H3. The molecule has 7 heteroatoms. The summed E-state index contributed by atoms with van der Waals surface area (Å²) in [6, 6.07) is 20.4. The van der Waals surface area contributed by atoms with Gasteiger partial charge in [0.05, 0.1) is 50.8 Å². The maximum Gasteiger partial charge on any atom is 0.305 e. The quantitative estimate of drug-likeness (QED) is 0.157. The zero-order valence-corrected chi connectivity index (χ0v) is 25.3. The number of ether oxygens (including phenoxy) is 4. The lowest BCUT2D eigenvalue weighted by Gasteiger charge is -2.35. The Kier molecular flexibility index (Phi) is 15.4. The molecule has 0 aliphatic heterocycles. The first-order valence-corrected chi connectivity index (χ1v) is 15.5. The van der Waals surface area contributed by atoms with Gasteiger partial charge < -0.3 is 24.1 Å². The second-order valence-electron chi connectivity index (χ2n) is 11.1. The first-order valence-electron chi connectivity index (χ1n) is 15.5. The van der Waals surface area contributed by atoms with E-state index in [1.165, 1.54) is 0 Å². The van der Waals surface area contributed by atoms with Gasteiger partial charge in [0.1, 0.15) is 6.10 Å². The van der Waals surface area contributed by atoms with E-state index in [-0.39, 0.29) is 36.9 Å². The minimum Gasteiger partial charge on any atom is -0.466 e. The second-order valence-corrected chi connectivity index (χ2v) is 11.1. The van der Waals surface area contributed by atoms with Crippen molar-refractivity contribution in [3.63, 3.8) is 0 Å². The molecule has 0 bridgehead atoms. The molecule has 0 radical (unpaired) electrons. The van der Waals surface area contributed by atoms with E-state index >= 15 is 0 Å². The average Bonchev–Trinajstić information content (AvgIpc) is 3.35. The highest BCUT2D eigenvalue weighted by atomic mass is 16.6. The number of aliphatic hydroxyl groups excluding tert-OH is 1. The molecule has 1 fully saturated rings. The lowest BCUT2D eigenvalue weighted by molar-refractivity contribution is -0.143. The summed E-state index contributed by atoms with van der Waals surface area (Å²) in [5.74, 6) is -0.125. The van der Waals surface area contributed by atoms with Crippen molar-refractivity contribution in [2.75, 3.05) is 26.8 Å². The minimum atomic E-state index is -0.497. The van der Waals surface area contributed by atoms with Crippen molar-refractivity contribution < 1.29 is 28.8 Å². The first-order chi connectivity index (χ1) is 20.0. The molecule has 0 spiro atoms. The predicted molar refractivity (Wildman–Crippen MR) is 161 cm³/mol. The van der Waals surface area contributed by atoms with Crippen LogP contribution >= 0.6 is 0 Å². The number of unbranched alkanes of at least 4 members (excludes halogenated alkanes) is 3. The van der Waals surface area contributed by atoms with Crippen LogP contribution in [0.5, 0.6) is 0 Å². The maximum atomic E-state index is 11.7. The Morgan fingerprint density at radius 1 is 0.878 bits per heavy atom.